The van der Waals surface area contributed by atoms with Gasteiger partial charge in [-0.15, -0.1) is 0 Å². The number of hydrogen-bond acceptors (Lipinski definition) is 7. The average molecular weight is 295 g/mol. The normalized spacial score (nSPS) is 11.0. The lowest BCUT2D eigenvalue weighted by Gasteiger charge is -2.24. The third-order valence-electron chi connectivity index (χ3n) is 3.37. The zero-order valence-corrected chi connectivity index (χ0v) is 14.0. The van der Waals surface area contributed by atoms with Crippen LogP contribution in [0.3, 0.4) is 0 Å². The van der Waals surface area contributed by atoms with Crippen LogP contribution in [0.1, 0.15) is 27.2 Å². The number of nitrogen functional groups attached to an aromatic ring is 1. The molecule has 1 aromatic rings. The van der Waals surface area contributed by atoms with E-state index in [-0.39, 0.29) is 5.95 Å². The third kappa shape index (κ3) is 5.34. The molecule has 7 heteroatoms. The Balaban J connectivity index is 2.88. The first kappa shape index (κ1) is 17.4. The van der Waals surface area contributed by atoms with Crippen molar-refractivity contribution in [1.29, 1.82) is 0 Å². The van der Waals surface area contributed by atoms with Crippen LogP contribution in [-0.2, 0) is 0 Å². The fraction of sp³-hybridized carbons (Fsp3) is 0.786. The topological polar surface area (TPSA) is 74.4 Å². The summed E-state index contributed by atoms with van der Waals surface area (Å²) in [6, 6.07) is 0. The molecule has 0 aliphatic heterocycles. The summed E-state index contributed by atoms with van der Waals surface area (Å²) in [5, 5.41) is 0. The maximum Gasteiger partial charge on any atom is 0.231 e. The highest BCUT2D eigenvalue weighted by atomic mass is 15.3. The van der Waals surface area contributed by atoms with Gasteiger partial charge in [-0.2, -0.15) is 15.0 Å². The van der Waals surface area contributed by atoms with Gasteiger partial charge in [0.05, 0.1) is 0 Å². The first-order valence-electron chi connectivity index (χ1n) is 7.67. The minimum atomic E-state index is 0.285. The Kier molecular flexibility index (Phi) is 7.14. The van der Waals surface area contributed by atoms with Crippen LogP contribution < -0.4 is 15.5 Å². The molecule has 7 nitrogen and oxygen atoms in total. The van der Waals surface area contributed by atoms with Gasteiger partial charge in [0.1, 0.15) is 0 Å². The molecule has 0 saturated carbocycles. The van der Waals surface area contributed by atoms with E-state index in [4.69, 9.17) is 5.73 Å². The summed E-state index contributed by atoms with van der Waals surface area (Å²) in [7, 11) is 4.16. The summed E-state index contributed by atoms with van der Waals surface area (Å²) < 4.78 is 0. The molecule has 1 rings (SSSR count). The standard InChI is InChI=1S/C14H29N7/c1-6-20(7-2)13-16-12(15)17-14(18-13)21(8-3)11-9-10-19(4)5/h6-11H2,1-5H3,(H2,15,16,17,18). The van der Waals surface area contributed by atoms with Crippen LogP contribution in [0.5, 0.6) is 0 Å². The van der Waals surface area contributed by atoms with Crippen molar-refractivity contribution in [3.8, 4) is 0 Å². The number of nitrogens with zero attached hydrogens (tertiary/aromatic N) is 6. The summed E-state index contributed by atoms with van der Waals surface area (Å²) in [5.41, 5.74) is 5.85. The van der Waals surface area contributed by atoms with Gasteiger partial charge in [0.2, 0.25) is 17.8 Å². The molecule has 0 spiro atoms. The molecule has 0 radical (unpaired) electrons. The predicted octanol–water partition coefficient (Wildman–Crippen LogP) is 1.08. The van der Waals surface area contributed by atoms with Gasteiger partial charge >= 0.3 is 0 Å². The molecule has 0 saturated heterocycles. The third-order valence-corrected chi connectivity index (χ3v) is 3.37. The molecule has 0 amide bonds. The summed E-state index contributed by atoms with van der Waals surface area (Å²) in [5.74, 6) is 1.62. The second-order valence-electron chi connectivity index (χ2n) is 5.20. The van der Waals surface area contributed by atoms with Crippen molar-refractivity contribution < 1.29 is 0 Å². The van der Waals surface area contributed by atoms with Gasteiger partial charge in [-0.3, -0.25) is 0 Å². The van der Waals surface area contributed by atoms with Crippen LogP contribution in [0.25, 0.3) is 0 Å². The molecule has 1 aromatic heterocycles. The zero-order valence-electron chi connectivity index (χ0n) is 14.0. The maximum absolute atomic E-state index is 5.85. The van der Waals surface area contributed by atoms with Crippen molar-refractivity contribution in [3.63, 3.8) is 0 Å². The maximum atomic E-state index is 5.85. The van der Waals surface area contributed by atoms with E-state index >= 15 is 0 Å². The molecule has 120 valence electrons. The van der Waals surface area contributed by atoms with Crippen LogP contribution in [0, 0.1) is 0 Å². The first-order chi connectivity index (χ1) is 10.0. The van der Waals surface area contributed by atoms with E-state index in [2.05, 4.69) is 64.5 Å². The number of rotatable bonds is 9. The summed E-state index contributed by atoms with van der Waals surface area (Å²) >= 11 is 0. The number of hydrogen-bond donors (Lipinski definition) is 1. The van der Waals surface area contributed by atoms with Gasteiger partial charge in [0.15, 0.2) is 0 Å². The van der Waals surface area contributed by atoms with E-state index < -0.39 is 0 Å². The smallest absolute Gasteiger partial charge is 0.231 e. The molecule has 2 N–H and O–H groups in total. The predicted molar refractivity (Wildman–Crippen MR) is 88.9 cm³/mol. The van der Waals surface area contributed by atoms with Crippen LogP contribution in [0.2, 0.25) is 0 Å². The van der Waals surface area contributed by atoms with Crippen molar-refractivity contribution in [3.05, 3.63) is 0 Å². The first-order valence-corrected chi connectivity index (χ1v) is 7.67. The van der Waals surface area contributed by atoms with Gasteiger partial charge in [-0.1, -0.05) is 0 Å². The lowest BCUT2D eigenvalue weighted by molar-refractivity contribution is 0.400. The molecule has 0 aromatic carbocycles. The number of anilines is 3. The Morgan fingerprint density at radius 3 is 1.81 bits per heavy atom. The van der Waals surface area contributed by atoms with Crippen LogP contribution >= 0.6 is 0 Å². The SMILES string of the molecule is CCN(CC)c1nc(N)nc(N(CC)CCCN(C)C)n1. The Bertz CT molecular complexity index is 418. The molecule has 0 bridgehead atoms. The molecule has 1 heterocycles. The highest BCUT2D eigenvalue weighted by Gasteiger charge is 2.14. The van der Waals surface area contributed by atoms with Crippen molar-refractivity contribution in [2.75, 3.05) is 62.4 Å². The van der Waals surface area contributed by atoms with Crippen LogP contribution in [0.4, 0.5) is 17.8 Å². The lowest BCUT2D eigenvalue weighted by atomic mass is 10.3. The van der Waals surface area contributed by atoms with Gasteiger partial charge in [0, 0.05) is 26.2 Å². The molecule has 0 fully saturated rings. The number of nitrogens with two attached hydrogens (primary N) is 1. The quantitative estimate of drug-likeness (QED) is 0.730. The monoisotopic (exact) mass is 295 g/mol. The van der Waals surface area contributed by atoms with E-state index in [1.54, 1.807) is 0 Å². The highest BCUT2D eigenvalue weighted by Crippen LogP contribution is 2.15. The Hall–Kier alpha value is -1.63. The summed E-state index contributed by atoms with van der Waals surface area (Å²) in [6.45, 7) is 10.8. The van der Waals surface area contributed by atoms with E-state index in [0.717, 1.165) is 39.1 Å². The van der Waals surface area contributed by atoms with Crippen molar-refractivity contribution in [1.82, 2.24) is 19.9 Å². The Morgan fingerprint density at radius 1 is 0.810 bits per heavy atom. The average Bonchev–Trinajstić information content (AvgIpc) is 2.44. The van der Waals surface area contributed by atoms with Crippen LogP contribution in [-0.4, -0.2) is 66.7 Å². The fourth-order valence-electron chi connectivity index (χ4n) is 2.14. The van der Waals surface area contributed by atoms with E-state index in [0.29, 0.717) is 11.9 Å². The second kappa shape index (κ2) is 8.61. The fourth-order valence-corrected chi connectivity index (χ4v) is 2.14. The van der Waals surface area contributed by atoms with Gasteiger partial charge in [-0.25, -0.2) is 0 Å². The molecule has 0 unspecified atom stereocenters. The van der Waals surface area contributed by atoms with Crippen molar-refractivity contribution in [2.45, 2.75) is 27.2 Å². The minimum absolute atomic E-state index is 0.285. The number of aromatic nitrogens is 3. The molecule has 0 aliphatic carbocycles. The van der Waals surface area contributed by atoms with Gasteiger partial charge < -0.3 is 20.4 Å². The largest absolute Gasteiger partial charge is 0.368 e. The van der Waals surface area contributed by atoms with E-state index in [9.17, 15) is 0 Å². The lowest BCUT2D eigenvalue weighted by Crippen LogP contribution is -2.31. The minimum Gasteiger partial charge on any atom is -0.368 e. The molecular weight excluding hydrogens is 266 g/mol. The summed E-state index contributed by atoms with van der Waals surface area (Å²) in [6.07, 6.45) is 1.06. The van der Waals surface area contributed by atoms with Crippen LogP contribution in [0.15, 0.2) is 0 Å². The molecular formula is C14H29N7. The molecule has 0 atom stereocenters. The zero-order chi connectivity index (χ0) is 15.8. The van der Waals surface area contributed by atoms with Crippen molar-refractivity contribution >= 4 is 17.8 Å². The van der Waals surface area contributed by atoms with E-state index in [1.807, 2.05) is 0 Å². The molecule has 21 heavy (non-hydrogen) atoms. The van der Waals surface area contributed by atoms with Gasteiger partial charge in [-0.05, 0) is 47.8 Å². The van der Waals surface area contributed by atoms with Crippen molar-refractivity contribution in [2.24, 2.45) is 0 Å². The molecule has 0 aliphatic rings. The summed E-state index contributed by atoms with van der Waals surface area (Å²) in [4.78, 5) is 19.5. The van der Waals surface area contributed by atoms with E-state index in [1.165, 1.54) is 0 Å². The Morgan fingerprint density at radius 2 is 1.33 bits per heavy atom. The highest BCUT2D eigenvalue weighted by molar-refractivity contribution is 5.43. The Labute approximate surface area is 128 Å². The second-order valence-corrected chi connectivity index (χ2v) is 5.20. The van der Waals surface area contributed by atoms with Gasteiger partial charge in [0.25, 0.3) is 0 Å².